The zero-order chi connectivity index (χ0) is 15.6. The lowest BCUT2D eigenvalue weighted by Gasteiger charge is -2.41. The van der Waals surface area contributed by atoms with Gasteiger partial charge in [0.15, 0.2) is 0 Å². The van der Waals surface area contributed by atoms with Gasteiger partial charge in [-0.05, 0) is 44.4 Å². The number of alkyl halides is 1. The van der Waals surface area contributed by atoms with Crippen LogP contribution in [0.2, 0.25) is 0 Å². The smallest absolute Gasteiger partial charge is 0.335 e. The van der Waals surface area contributed by atoms with Gasteiger partial charge in [0, 0.05) is 0 Å². The van der Waals surface area contributed by atoms with Crippen molar-refractivity contribution in [3.63, 3.8) is 0 Å². The van der Waals surface area contributed by atoms with E-state index in [4.69, 9.17) is 5.11 Å². The Bertz CT molecular complexity index is 535. The van der Waals surface area contributed by atoms with Crippen LogP contribution in [-0.4, -0.2) is 29.2 Å². The van der Waals surface area contributed by atoms with Crippen molar-refractivity contribution >= 4 is 11.9 Å². The standard InChI is InChI=1S/C16H20FNO3/c1-10(17)11(2)18-15(21)16(8-3-9-16)13-6-4-12(5-7-13)14(19)20/h4-7,10-11H,3,8-9H2,1-2H3,(H,18,21)(H,19,20)/t10-,11?/m0/s1. The molecule has 1 aliphatic rings. The summed E-state index contributed by atoms with van der Waals surface area (Å²) in [6.07, 6.45) is 1.24. The van der Waals surface area contributed by atoms with Crippen LogP contribution >= 0.6 is 0 Å². The van der Waals surface area contributed by atoms with Crippen LogP contribution in [0.4, 0.5) is 4.39 Å². The number of hydrogen-bond acceptors (Lipinski definition) is 2. The highest BCUT2D eigenvalue weighted by Crippen LogP contribution is 2.44. The molecule has 1 aliphatic carbocycles. The molecule has 2 atom stereocenters. The zero-order valence-electron chi connectivity index (χ0n) is 12.2. The van der Waals surface area contributed by atoms with Crippen LogP contribution in [0.3, 0.4) is 0 Å². The van der Waals surface area contributed by atoms with Gasteiger partial charge in [0.05, 0.1) is 17.0 Å². The molecule has 0 aromatic heterocycles. The molecule has 4 nitrogen and oxygen atoms in total. The highest BCUT2D eigenvalue weighted by Gasteiger charge is 2.46. The molecule has 1 amide bonds. The van der Waals surface area contributed by atoms with Crippen molar-refractivity contribution < 1.29 is 19.1 Å². The maximum Gasteiger partial charge on any atom is 0.335 e. The molecule has 1 aromatic rings. The third kappa shape index (κ3) is 2.91. The first-order valence-corrected chi connectivity index (χ1v) is 7.16. The topological polar surface area (TPSA) is 66.4 Å². The lowest BCUT2D eigenvalue weighted by atomic mass is 9.63. The van der Waals surface area contributed by atoms with E-state index in [9.17, 15) is 14.0 Å². The van der Waals surface area contributed by atoms with E-state index in [0.717, 1.165) is 12.0 Å². The van der Waals surface area contributed by atoms with E-state index in [2.05, 4.69) is 5.32 Å². The van der Waals surface area contributed by atoms with Crippen LogP contribution in [0.1, 0.15) is 49.0 Å². The fourth-order valence-corrected chi connectivity index (χ4v) is 2.57. The molecular formula is C16H20FNO3. The molecule has 1 aromatic carbocycles. The Hall–Kier alpha value is -1.91. The number of hydrogen-bond donors (Lipinski definition) is 2. The maximum absolute atomic E-state index is 13.2. The Morgan fingerprint density at radius 2 is 1.81 bits per heavy atom. The highest BCUT2D eigenvalue weighted by atomic mass is 19.1. The summed E-state index contributed by atoms with van der Waals surface area (Å²) < 4.78 is 13.2. The van der Waals surface area contributed by atoms with Crippen molar-refractivity contribution in [3.05, 3.63) is 35.4 Å². The van der Waals surface area contributed by atoms with Crippen molar-refractivity contribution in [2.45, 2.75) is 50.7 Å². The van der Waals surface area contributed by atoms with Crippen LogP contribution in [-0.2, 0) is 10.2 Å². The summed E-state index contributed by atoms with van der Waals surface area (Å²) in [6, 6.07) is 5.85. The Morgan fingerprint density at radius 3 is 2.19 bits per heavy atom. The molecule has 0 spiro atoms. The summed E-state index contributed by atoms with van der Waals surface area (Å²) in [5, 5.41) is 11.6. The van der Waals surface area contributed by atoms with Crippen LogP contribution in [0.25, 0.3) is 0 Å². The van der Waals surface area contributed by atoms with Gasteiger partial charge < -0.3 is 10.4 Å². The average molecular weight is 293 g/mol. The molecule has 21 heavy (non-hydrogen) atoms. The number of carbonyl (C=O) groups excluding carboxylic acids is 1. The van der Waals surface area contributed by atoms with Crippen molar-refractivity contribution in [2.75, 3.05) is 0 Å². The summed E-state index contributed by atoms with van der Waals surface area (Å²) in [4.78, 5) is 23.4. The van der Waals surface area contributed by atoms with Crippen LogP contribution in [0.15, 0.2) is 24.3 Å². The summed E-state index contributed by atoms with van der Waals surface area (Å²) in [6.45, 7) is 3.06. The van der Waals surface area contributed by atoms with Gasteiger partial charge >= 0.3 is 5.97 Å². The number of halogens is 1. The predicted molar refractivity (Wildman–Crippen MR) is 77.1 cm³/mol. The molecule has 114 valence electrons. The highest BCUT2D eigenvalue weighted by molar-refractivity contribution is 5.91. The van der Waals surface area contributed by atoms with Gasteiger partial charge in [0.2, 0.25) is 5.91 Å². The molecule has 1 saturated carbocycles. The summed E-state index contributed by atoms with van der Waals surface area (Å²) in [5.41, 5.74) is 0.356. The minimum absolute atomic E-state index is 0.172. The zero-order valence-corrected chi connectivity index (χ0v) is 12.2. The van der Waals surface area contributed by atoms with Crippen LogP contribution < -0.4 is 5.32 Å². The van der Waals surface area contributed by atoms with Gasteiger partial charge in [0.1, 0.15) is 6.17 Å². The number of aromatic carboxylic acids is 1. The van der Waals surface area contributed by atoms with Gasteiger partial charge in [-0.15, -0.1) is 0 Å². The van der Waals surface area contributed by atoms with E-state index in [1.807, 2.05) is 0 Å². The molecule has 0 radical (unpaired) electrons. The van der Waals surface area contributed by atoms with Gasteiger partial charge in [-0.2, -0.15) is 0 Å². The summed E-state index contributed by atoms with van der Waals surface area (Å²) in [5.74, 6) is -1.16. The normalized spacial score (nSPS) is 19.2. The Labute approximate surface area is 123 Å². The van der Waals surface area contributed by atoms with E-state index >= 15 is 0 Å². The van der Waals surface area contributed by atoms with Crippen molar-refractivity contribution in [2.24, 2.45) is 0 Å². The van der Waals surface area contributed by atoms with E-state index in [1.54, 1.807) is 19.1 Å². The molecule has 5 heteroatoms. The van der Waals surface area contributed by atoms with E-state index in [1.165, 1.54) is 19.1 Å². The molecular weight excluding hydrogens is 273 g/mol. The van der Waals surface area contributed by atoms with Gasteiger partial charge in [-0.25, -0.2) is 9.18 Å². The number of carboxylic acid groups (broad SMARTS) is 1. The Morgan fingerprint density at radius 1 is 1.24 bits per heavy atom. The molecule has 0 heterocycles. The fourth-order valence-electron chi connectivity index (χ4n) is 2.57. The first-order valence-electron chi connectivity index (χ1n) is 7.16. The monoisotopic (exact) mass is 293 g/mol. The van der Waals surface area contributed by atoms with Gasteiger partial charge in [0.25, 0.3) is 0 Å². The second kappa shape index (κ2) is 5.84. The van der Waals surface area contributed by atoms with E-state index in [-0.39, 0.29) is 11.5 Å². The minimum atomic E-state index is -1.11. The number of amides is 1. The molecule has 0 aliphatic heterocycles. The summed E-state index contributed by atoms with van der Waals surface area (Å²) in [7, 11) is 0. The Kier molecular flexibility index (Phi) is 4.30. The van der Waals surface area contributed by atoms with Gasteiger partial charge in [-0.3, -0.25) is 4.79 Å². The lowest BCUT2D eigenvalue weighted by molar-refractivity contribution is -0.131. The van der Waals surface area contributed by atoms with Gasteiger partial charge in [-0.1, -0.05) is 18.6 Å². The second-order valence-electron chi connectivity index (χ2n) is 5.76. The first kappa shape index (κ1) is 15.5. The fraction of sp³-hybridized carbons (Fsp3) is 0.500. The minimum Gasteiger partial charge on any atom is -0.478 e. The molecule has 0 saturated heterocycles. The molecule has 2 N–H and O–H groups in total. The van der Waals surface area contributed by atoms with Crippen molar-refractivity contribution in [3.8, 4) is 0 Å². The van der Waals surface area contributed by atoms with E-state index < -0.39 is 23.6 Å². The summed E-state index contributed by atoms with van der Waals surface area (Å²) >= 11 is 0. The van der Waals surface area contributed by atoms with E-state index in [0.29, 0.717) is 12.8 Å². The third-order valence-corrected chi connectivity index (χ3v) is 4.37. The third-order valence-electron chi connectivity index (χ3n) is 4.37. The first-order chi connectivity index (χ1) is 9.86. The number of carbonyl (C=O) groups is 2. The second-order valence-corrected chi connectivity index (χ2v) is 5.76. The molecule has 1 unspecified atom stereocenters. The largest absolute Gasteiger partial charge is 0.478 e. The number of benzene rings is 1. The van der Waals surface area contributed by atoms with Crippen molar-refractivity contribution in [1.29, 1.82) is 0 Å². The maximum atomic E-state index is 13.2. The number of nitrogens with one attached hydrogen (secondary N) is 1. The SMILES string of the molecule is CC(NC(=O)C1(c2ccc(C(=O)O)cc2)CCC1)[C@H](C)F. The lowest BCUT2D eigenvalue weighted by Crippen LogP contribution is -2.53. The van der Waals surface area contributed by atoms with Crippen LogP contribution in [0, 0.1) is 0 Å². The van der Waals surface area contributed by atoms with Crippen LogP contribution in [0.5, 0.6) is 0 Å². The van der Waals surface area contributed by atoms with Crippen molar-refractivity contribution in [1.82, 2.24) is 5.32 Å². The quantitative estimate of drug-likeness (QED) is 0.877. The Balaban J connectivity index is 2.21. The predicted octanol–water partition coefficient (Wildman–Crippen LogP) is 2.67. The molecule has 1 fully saturated rings. The number of rotatable bonds is 5. The molecule has 0 bridgehead atoms. The number of carboxylic acids is 1. The average Bonchev–Trinajstić information content (AvgIpc) is 2.37. The molecule has 2 rings (SSSR count).